The van der Waals surface area contributed by atoms with Gasteiger partial charge in [-0.05, 0) is 82.2 Å². The Morgan fingerprint density at radius 1 is 1.03 bits per heavy atom. The van der Waals surface area contributed by atoms with Gasteiger partial charge < -0.3 is 14.6 Å². The second-order valence-electron chi connectivity index (χ2n) is 11.7. The summed E-state index contributed by atoms with van der Waals surface area (Å²) in [5.41, 5.74) is 4.42. The number of aliphatic carboxylic acids is 1. The summed E-state index contributed by atoms with van der Waals surface area (Å²) in [6.45, 7) is 9.10. The van der Waals surface area contributed by atoms with Crippen molar-refractivity contribution in [3.8, 4) is 22.6 Å². The molecule has 0 spiro atoms. The number of carboxylic acid groups (broad SMARTS) is 1. The number of methoxy groups -OCH3 is 1. The minimum Gasteiger partial charge on any atom is -0.497 e. The Morgan fingerprint density at radius 2 is 1.79 bits per heavy atom. The van der Waals surface area contributed by atoms with Crippen molar-refractivity contribution in [1.82, 2.24) is 0 Å². The van der Waals surface area contributed by atoms with Gasteiger partial charge in [-0.15, -0.1) is 0 Å². The summed E-state index contributed by atoms with van der Waals surface area (Å²) < 4.78 is 26.5. The molecule has 5 heteroatoms. The molecule has 0 amide bonds. The highest BCUT2D eigenvalue weighted by molar-refractivity contribution is 5.71. The molecule has 202 valence electrons. The molecule has 1 aliphatic carbocycles. The lowest BCUT2D eigenvalue weighted by molar-refractivity contribution is -0.137. The molecule has 0 aromatic heterocycles. The molecule has 0 heterocycles. The number of carboxylic acids is 1. The average Bonchev–Trinajstić information content (AvgIpc) is 3.70. The molecule has 0 bridgehead atoms. The Kier molecular flexibility index (Phi) is 8.44. The van der Waals surface area contributed by atoms with Gasteiger partial charge in [-0.25, -0.2) is 4.39 Å². The van der Waals surface area contributed by atoms with E-state index in [4.69, 9.17) is 9.47 Å². The second kappa shape index (κ2) is 11.6. The Bertz CT molecular complexity index is 1270. The van der Waals surface area contributed by atoms with Crippen molar-refractivity contribution >= 4 is 5.97 Å². The van der Waals surface area contributed by atoms with E-state index in [0.717, 1.165) is 34.4 Å². The van der Waals surface area contributed by atoms with Crippen LogP contribution in [0.25, 0.3) is 11.1 Å². The van der Waals surface area contributed by atoms with Crippen molar-refractivity contribution in [2.24, 2.45) is 11.3 Å². The van der Waals surface area contributed by atoms with Crippen LogP contribution in [-0.2, 0) is 11.4 Å². The first kappa shape index (κ1) is 27.7. The zero-order valence-electron chi connectivity index (χ0n) is 23.1. The number of hydrogen-bond acceptors (Lipinski definition) is 3. The van der Waals surface area contributed by atoms with Crippen LogP contribution in [0.1, 0.15) is 81.9 Å². The first-order chi connectivity index (χ1) is 18.0. The molecule has 0 unspecified atom stereocenters. The van der Waals surface area contributed by atoms with Gasteiger partial charge in [0.15, 0.2) is 0 Å². The van der Waals surface area contributed by atoms with Crippen molar-refractivity contribution in [2.45, 2.75) is 71.8 Å². The van der Waals surface area contributed by atoms with Gasteiger partial charge in [0, 0.05) is 5.56 Å². The smallest absolute Gasteiger partial charge is 0.303 e. The Labute approximate surface area is 225 Å². The molecule has 1 saturated carbocycles. The van der Waals surface area contributed by atoms with E-state index in [2.05, 4.69) is 33.8 Å². The van der Waals surface area contributed by atoms with Gasteiger partial charge in [-0.2, -0.15) is 0 Å². The molecule has 1 N–H and O–H groups in total. The summed E-state index contributed by atoms with van der Waals surface area (Å²) in [4.78, 5) is 11.5. The van der Waals surface area contributed by atoms with Crippen LogP contribution < -0.4 is 9.47 Å². The fourth-order valence-corrected chi connectivity index (χ4v) is 4.94. The van der Waals surface area contributed by atoms with Crippen molar-refractivity contribution in [3.63, 3.8) is 0 Å². The molecule has 0 radical (unpaired) electrons. The van der Waals surface area contributed by atoms with E-state index in [0.29, 0.717) is 23.8 Å². The summed E-state index contributed by atoms with van der Waals surface area (Å²) in [6.07, 6.45) is 3.43. The monoisotopic (exact) mass is 518 g/mol. The molecule has 38 heavy (non-hydrogen) atoms. The highest BCUT2D eigenvalue weighted by atomic mass is 19.1. The Balaban J connectivity index is 1.60. The van der Waals surface area contributed by atoms with Gasteiger partial charge >= 0.3 is 5.97 Å². The minimum absolute atomic E-state index is 0.000156. The summed E-state index contributed by atoms with van der Waals surface area (Å²) in [6, 6.07) is 18.7. The lowest BCUT2D eigenvalue weighted by Gasteiger charge is -2.30. The van der Waals surface area contributed by atoms with Crippen LogP contribution in [0.15, 0.2) is 60.7 Å². The van der Waals surface area contributed by atoms with Crippen LogP contribution in [0.2, 0.25) is 0 Å². The second-order valence-corrected chi connectivity index (χ2v) is 11.7. The Morgan fingerprint density at radius 3 is 2.45 bits per heavy atom. The molecule has 3 aromatic rings. The molecule has 2 atom stereocenters. The van der Waals surface area contributed by atoms with Crippen LogP contribution in [0.4, 0.5) is 4.39 Å². The first-order valence-electron chi connectivity index (χ1n) is 13.5. The topological polar surface area (TPSA) is 55.8 Å². The highest BCUT2D eigenvalue weighted by Gasteiger charge is 2.28. The van der Waals surface area contributed by atoms with E-state index < -0.39 is 5.97 Å². The normalized spacial score (nSPS) is 15.1. The maximum absolute atomic E-state index is 14.9. The number of halogens is 1. The zero-order chi connectivity index (χ0) is 27.4. The van der Waals surface area contributed by atoms with E-state index >= 15 is 0 Å². The fraction of sp³-hybridized carbons (Fsp3) is 0.424. The standard InChI is InChI=1S/C33H39FO4/c1-21(33(2,3)4)29-16-23(11-13-28(29)30-19-26(37-5)12-14-31(30)34)20-38-27-8-6-7-24(17-27)25(18-32(35)36)15-22-9-10-22/h6-8,11-14,16-17,19,21-22,25H,9-10,15,18,20H2,1-5H3,(H,35,36)/t21-,25-/m1/s1. The van der Waals surface area contributed by atoms with Crippen molar-refractivity contribution in [2.75, 3.05) is 7.11 Å². The van der Waals surface area contributed by atoms with Crippen LogP contribution in [0.5, 0.6) is 11.5 Å². The average molecular weight is 519 g/mol. The van der Waals surface area contributed by atoms with Gasteiger partial charge in [0.1, 0.15) is 23.9 Å². The number of carbonyl (C=O) groups is 1. The minimum atomic E-state index is -0.768. The van der Waals surface area contributed by atoms with E-state index in [1.54, 1.807) is 19.2 Å². The van der Waals surface area contributed by atoms with E-state index in [-0.39, 0.29) is 29.5 Å². The molecule has 1 fully saturated rings. The first-order valence-corrected chi connectivity index (χ1v) is 13.5. The molecular weight excluding hydrogens is 479 g/mol. The van der Waals surface area contributed by atoms with Gasteiger partial charge in [0.2, 0.25) is 0 Å². The zero-order valence-corrected chi connectivity index (χ0v) is 23.1. The predicted molar refractivity (Wildman–Crippen MR) is 149 cm³/mol. The molecular formula is C33H39FO4. The Hall–Kier alpha value is -3.34. The number of rotatable bonds is 11. The van der Waals surface area contributed by atoms with Crippen LogP contribution in [0.3, 0.4) is 0 Å². The summed E-state index contributed by atoms with van der Waals surface area (Å²) >= 11 is 0. The van der Waals surface area contributed by atoms with E-state index in [1.165, 1.54) is 18.9 Å². The fourth-order valence-electron chi connectivity index (χ4n) is 4.94. The summed E-state index contributed by atoms with van der Waals surface area (Å²) in [7, 11) is 1.58. The third-order valence-electron chi connectivity index (χ3n) is 7.82. The van der Waals surface area contributed by atoms with Gasteiger partial charge in [-0.1, -0.05) is 70.9 Å². The molecule has 0 saturated heterocycles. The quantitative estimate of drug-likeness (QED) is 0.276. The van der Waals surface area contributed by atoms with Crippen molar-refractivity contribution in [1.29, 1.82) is 0 Å². The molecule has 4 nitrogen and oxygen atoms in total. The van der Waals surface area contributed by atoms with Gasteiger partial charge in [0.05, 0.1) is 13.5 Å². The van der Waals surface area contributed by atoms with Gasteiger partial charge in [0.25, 0.3) is 0 Å². The number of hydrogen-bond donors (Lipinski definition) is 1. The van der Waals surface area contributed by atoms with E-state index in [1.807, 2.05) is 36.4 Å². The summed E-state index contributed by atoms with van der Waals surface area (Å²) in [5.74, 6) is 1.09. The highest BCUT2D eigenvalue weighted by Crippen LogP contribution is 2.42. The number of ether oxygens (including phenoxy) is 2. The maximum atomic E-state index is 14.9. The SMILES string of the molecule is COc1ccc(F)c(-c2ccc(COc3cccc([C@@H](CC(=O)O)CC4CC4)c3)cc2[C@@H](C)C(C)(C)C)c1. The van der Waals surface area contributed by atoms with Crippen LogP contribution >= 0.6 is 0 Å². The van der Waals surface area contributed by atoms with E-state index in [9.17, 15) is 14.3 Å². The molecule has 4 rings (SSSR count). The van der Waals surface area contributed by atoms with Crippen molar-refractivity contribution in [3.05, 3.63) is 83.2 Å². The molecule has 0 aliphatic heterocycles. The van der Waals surface area contributed by atoms with Crippen LogP contribution in [0, 0.1) is 17.2 Å². The molecule has 3 aromatic carbocycles. The van der Waals surface area contributed by atoms with Gasteiger partial charge in [-0.3, -0.25) is 4.79 Å². The largest absolute Gasteiger partial charge is 0.497 e. The maximum Gasteiger partial charge on any atom is 0.303 e. The number of benzene rings is 3. The van der Waals surface area contributed by atoms with Crippen LogP contribution in [-0.4, -0.2) is 18.2 Å². The lowest BCUT2D eigenvalue weighted by Crippen LogP contribution is -2.16. The summed E-state index contributed by atoms with van der Waals surface area (Å²) in [5, 5.41) is 9.42. The third kappa shape index (κ3) is 6.94. The third-order valence-corrected chi connectivity index (χ3v) is 7.82. The predicted octanol–water partition coefficient (Wildman–Crippen LogP) is 8.59. The van der Waals surface area contributed by atoms with Crippen molar-refractivity contribution < 1.29 is 23.8 Å². The molecule has 1 aliphatic rings. The lowest BCUT2D eigenvalue weighted by atomic mass is 9.75.